The van der Waals surface area contributed by atoms with Gasteiger partial charge >= 0.3 is 11.9 Å². The van der Waals surface area contributed by atoms with Crippen LogP contribution in [0.15, 0.2) is 36.5 Å². The molecule has 7 N–H and O–H groups in total. The molecule has 4 unspecified atom stereocenters. The van der Waals surface area contributed by atoms with Crippen molar-refractivity contribution in [3.63, 3.8) is 0 Å². The highest BCUT2D eigenvalue weighted by atomic mass is 16.7. The highest BCUT2D eigenvalue weighted by molar-refractivity contribution is 5.70. The Bertz CT molecular complexity index is 1260. The van der Waals surface area contributed by atoms with E-state index in [1.165, 1.54) is 77.0 Å². The largest absolute Gasteiger partial charge is 0.462 e. The van der Waals surface area contributed by atoms with E-state index in [9.17, 15) is 45.3 Å². The molecule has 0 saturated carbocycles. The van der Waals surface area contributed by atoms with Crippen LogP contribution in [0.3, 0.4) is 0 Å². The molecule has 0 radical (unpaired) electrons. The first kappa shape index (κ1) is 57.8. The number of hydrogen-bond acceptors (Lipinski definition) is 15. The molecule has 2 heterocycles. The quantitative estimate of drug-likeness (QED) is 0.0211. The molecule has 0 aromatic rings. The zero-order valence-corrected chi connectivity index (χ0v) is 39.0. The molecule has 2 rings (SSSR count). The molecule has 0 bridgehead atoms. The number of aliphatic hydroxyl groups excluding tert-OH is 7. The van der Waals surface area contributed by atoms with Gasteiger partial charge < -0.3 is 64.2 Å². The second kappa shape index (κ2) is 36.8. The Morgan fingerprint density at radius 3 is 1.50 bits per heavy atom. The molecular formula is C49H86O15. The van der Waals surface area contributed by atoms with E-state index < -0.39 is 99.3 Å². The van der Waals surface area contributed by atoms with Crippen molar-refractivity contribution < 1.29 is 73.8 Å². The van der Waals surface area contributed by atoms with Crippen molar-refractivity contribution in [2.75, 3.05) is 26.4 Å². The smallest absolute Gasteiger partial charge is 0.306 e. The highest BCUT2D eigenvalue weighted by Gasteiger charge is 2.47. The summed E-state index contributed by atoms with van der Waals surface area (Å²) < 4.78 is 33.5. The fourth-order valence-corrected chi connectivity index (χ4v) is 7.52. The third-order valence-electron chi connectivity index (χ3n) is 11.6. The van der Waals surface area contributed by atoms with Crippen molar-refractivity contribution in [3.8, 4) is 0 Å². The van der Waals surface area contributed by atoms with Crippen LogP contribution in [0.4, 0.5) is 0 Å². The van der Waals surface area contributed by atoms with Gasteiger partial charge in [0.25, 0.3) is 0 Å². The Balaban J connectivity index is 1.85. The minimum atomic E-state index is -1.77. The predicted molar refractivity (Wildman–Crippen MR) is 243 cm³/mol. The average Bonchev–Trinajstić information content (AvgIpc) is 3.29. The van der Waals surface area contributed by atoms with Crippen molar-refractivity contribution in [1.29, 1.82) is 0 Å². The molecule has 2 aliphatic rings. The molecule has 372 valence electrons. The van der Waals surface area contributed by atoms with E-state index in [-0.39, 0.29) is 19.4 Å². The van der Waals surface area contributed by atoms with Crippen LogP contribution >= 0.6 is 0 Å². The maximum Gasteiger partial charge on any atom is 0.306 e. The summed E-state index contributed by atoms with van der Waals surface area (Å²) in [5, 5.41) is 72.0. The van der Waals surface area contributed by atoms with Crippen LogP contribution in [0.2, 0.25) is 0 Å². The minimum absolute atomic E-state index is 0.118. The second-order valence-corrected chi connectivity index (χ2v) is 17.3. The van der Waals surface area contributed by atoms with Gasteiger partial charge in [0.15, 0.2) is 18.7 Å². The van der Waals surface area contributed by atoms with E-state index >= 15 is 0 Å². The van der Waals surface area contributed by atoms with Gasteiger partial charge in [0.05, 0.1) is 19.8 Å². The number of carbonyl (C=O) groups is 2. The topological polar surface area (TPSA) is 231 Å². The van der Waals surface area contributed by atoms with Gasteiger partial charge in [-0.15, -0.1) is 0 Å². The summed E-state index contributed by atoms with van der Waals surface area (Å²) in [6, 6.07) is 0. The fourth-order valence-electron chi connectivity index (χ4n) is 7.52. The molecule has 0 aromatic carbocycles. The number of esters is 2. The number of aliphatic hydroxyl groups is 7. The van der Waals surface area contributed by atoms with Gasteiger partial charge in [0.1, 0.15) is 55.4 Å². The molecule has 2 aliphatic heterocycles. The monoisotopic (exact) mass is 915 g/mol. The Morgan fingerprint density at radius 2 is 0.938 bits per heavy atom. The van der Waals surface area contributed by atoms with Crippen LogP contribution < -0.4 is 0 Å². The molecule has 0 amide bonds. The lowest BCUT2D eigenvalue weighted by Crippen LogP contribution is -2.61. The molecule has 11 atom stereocenters. The Morgan fingerprint density at radius 1 is 0.500 bits per heavy atom. The van der Waals surface area contributed by atoms with E-state index in [2.05, 4.69) is 50.3 Å². The van der Waals surface area contributed by atoms with Gasteiger partial charge in [-0.2, -0.15) is 0 Å². The summed E-state index contributed by atoms with van der Waals surface area (Å²) in [4.78, 5) is 25.7. The van der Waals surface area contributed by atoms with Crippen LogP contribution in [-0.2, 0) is 38.0 Å². The van der Waals surface area contributed by atoms with E-state index in [0.717, 1.165) is 51.4 Å². The maximum atomic E-state index is 13.0. The summed E-state index contributed by atoms with van der Waals surface area (Å²) in [5.41, 5.74) is 0. The number of unbranched alkanes of at least 4 members (excludes halogenated alkanes) is 17. The molecule has 64 heavy (non-hydrogen) atoms. The van der Waals surface area contributed by atoms with E-state index in [4.69, 9.17) is 28.4 Å². The van der Waals surface area contributed by atoms with Gasteiger partial charge in [-0.3, -0.25) is 9.59 Å². The van der Waals surface area contributed by atoms with E-state index in [1.54, 1.807) is 0 Å². The Labute approximate surface area is 383 Å². The normalized spacial score (nSPS) is 26.9. The number of hydrogen-bond donors (Lipinski definition) is 7. The first-order valence-corrected chi connectivity index (χ1v) is 24.6. The zero-order valence-electron chi connectivity index (χ0n) is 39.0. The summed E-state index contributed by atoms with van der Waals surface area (Å²) in [5.74, 6) is -0.968. The molecule has 2 fully saturated rings. The first-order valence-electron chi connectivity index (χ1n) is 24.6. The molecule has 15 nitrogen and oxygen atoms in total. The summed E-state index contributed by atoms with van der Waals surface area (Å²) in [6.07, 6.45) is 20.4. The van der Waals surface area contributed by atoms with Gasteiger partial charge in [0.2, 0.25) is 0 Å². The highest BCUT2D eigenvalue weighted by Crippen LogP contribution is 2.26. The lowest BCUT2D eigenvalue weighted by atomic mass is 9.98. The van der Waals surface area contributed by atoms with Gasteiger partial charge in [-0.1, -0.05) is 140 Å². The zero-order chi connectivity index (χ0) is 46.8. The van der Waals surface area contributed by atoms with Crippen molar-refractivity contribution in [2.24, 2.45) is 0 Å². The second-order valence-electron chi connectivity index (χ2n) is 17.3. The SMILES string of the molecule is CCCCC/C=C/C/C=C/C/C=C/CCCCC(=O)O[C@H](COC(=O)CCCCCCCCCCCCCCC)CO[C@@H]1O[C@H](CO[C@@H]2O[C@H](CO)[C@H](O)C(O)C2O)[C@H](O)C(O)C1O. The van der Waals surface area contributed by atoms with Crippen molar-refractivity contribution in [3.05, 3.63) is 36.5 Å². The Hall–Kier alpha value is -2.28. The average molecular weight is 915 g/mol. The lowest BCUT2D eigenvalue weighted by molar-refractivity contribution is -0.332. The summed E-state index contributed by atoms with van der Waals surface area (Å²) >= 11 is 0. The van der Waals surface area contributed by atoms with E-state index in [0.29, 0.717) is 12.8 Å². The molecular weight excluding hydrogens is 829 g/mol. The fraction of sp³-hybridized carbons (Fsp3) is 0.837. The Kier molecular flexibility index (Phi) is 33.3. The number of ether oxygens (including phenoxy) is 6. The minimum Gasteiger partial charge on any atom is -0.462 e. The first-order chi connectivity index (χ1) is 31.0. The number of allylic oxidation sites excluding steroid dienone is 6. The van der Waals surface area contributed by atoms with Crippen molar-refractivity contribution >= 4 is 11.9 Å². The predicted octanol–water partition coefficient (Wildman–Crippen LogP) is 6.15. The van der Waals surface area contributed by atoms with Gasteiger partial charge in [-0.05, 0) is 51.4 Å². The number of rotatable bonds is 37. The van der Waals surface area contributed by atoms with E-state index in [1.807, 2.05) is 0 Å². The molecule has 0 aromatic heterocycles. The van der Waals surface area contributed by atoms with Gasteiger partial charge in [0, 0.05) is 12.8 Å². The lowest BCUT2D eigenvalue weighted by Gasteiger charge is -2.42. The van der Waals surface area contributed by atoms with Crippen molar-refractivity contribution in [2.45, 2.75) is 235 Å². The third-order valence-corrected chi connectivity index (χ3v) is 11.6. The summed E-state index contributed by atoms with van der Waals surface area (Å²) in [6.45, 7) is 2.51. The molecule has 15 heteroatoms. The molecule has 0 aliphatic carbocycles. The van der Waals surface area contributed by atoms with Crippen LogP contribution in [0.1, 0.15) is 168 Å². The summed E-state index contributed by atoms with van der Waals surface area (Å²) in [7, 11) is 0. The molecule has 0 spiro atoms. The standard InChI is InChI=1S/C49H86O15/c1-3-5-7-9-11-13-15-17-18-20-22-24-26-28-30-32-41(52)62-37(34-59-40(51)31-29-27-25-23-21-19-16-14-12-10-8-6-4-2)35-60-48-47(58)45(56)43(54)39(64-48)36-61-49-46(57)44(55)42(53)38(33-50)63-49/h11,13,17-18,22,24,37-39,42-50,53-58H,3-10,12,14-16,19-21,23,25-36H2,1-2H3/b13-11+,18-17+,24-22+/t37-,38-,39-,42+,43+,44?,45?,46?,47?,48-,49-/m1/s1. The van der Waals surface area contributed by atoms with Gasteiger partial charge in [-0.25, -0.2) is 0 Å². The van der Waals surface area contributed by atoms with Crippen LogP contribution in [0.25, 0.3) is 0 Å². The van der Waals surface area contributed by atoms with Crippen molar-refractivity contribution in [1.82, 2.24) is 0 Å². The maximum absolute atomic E-state index is 13.0. The molecule has 2 saturated heterocycles. The van der Waals surface area contributed by atoms with Crippen LogP contribution in [0, 0.1) is 0 Å². The van der Waals surface area contributed by atoms with Crippen LogP contribution in [-0.4, -0.2) is 142 Å². The van der Waals surface area contributed by atoms with Crippen LogP contribution in [0.5, 0.6) is 0 Å². The third kappa shape index (κ3) is 25.0. The number of carbonyl (C=O) groups excluding carboxylic acids is 2.